The van der Waals surface area contributed by atoms with Crippen molar-refractivity contribution in [2.24, 2.45) is 11.1 Å². The molecule has 0 unspecified atom stereocenters. The average molecular weight is 371 g/mol. The van der Waals surface area contributed by atoms with Crippen LogP contribution < -0.4 is 16.4 Å². The zero-order valence-electron chi connectivity index (χ0n) is 15.0. The maximum Gasteiger partial charge on any atom is 0.224 e. The summed E-state index contributed by atoms with van der Waals surface area (Å²) in [7, 11) is 0. The molecule has 2 aromatic rings. The summed E-state index contributed by atoms with van der Waals surface area (Å²) in [5.41, 5.74) is 7.62. The van der Waals surface area contributed by atoms with Gasteiger partial charge in [-0.1, -0.05) is 37.6 Å². The molecule has 7 heteroatoms. The van der Waals surface area contributed by atoms with Gasteiger partial charge in [-0.05, 0) is 30.5 Å². The van der Waals surface area contributed by atoms with Crippen molar-refractivity contribution in [2.75, 3.05) is 17.2 Å². The zero-order valence-corrected chi connectivity index (χ0v) is 15.7. The van der Waals surface area contributed by atoms with E-state index in [9.17, 15) is 5.26 Å². The van der Waals surface area contributed by atoms with Crippen LogP contribution in [-0.2, 0) is 6.42 Å². The summed E-state index contributed by atoms with van der Waals surface area (Å²) in [5, 5.41) is 16.6. The maximum absolute atomic E-state index is 9.32. The third kappa shape index (κ3) is 3.90. The predicted octanol–water partition coefficient (Wildman–Crippen LogP) is 3.19. The van der Waals surface area contributed by atoms with Gasteiger partial charge in [0.2, 0.25) is 5.95 Å². The Balaban J connectivity index is 1.65. The number of rotatable bonds is 6. The molecule has 136 valence electrons. The molecule has 3 rings (SSSR count). The van der Waals surface area contributed by atoms with Gasteiger partial charge in [0.15, 0.2) is 0 Å². The molecule has 26 heavy (non-hydrogen) atoms. The van der Waals surface area contributed by atoms with Crippen molar-refractivity contribution in [3.63, 3.8) is 0 Å². The fourth-order valence-corrected chi connectivity index (χ4v) is 3.25. The Hall–Kier alpha value is -2.36. The normalized spacial score (nSPS) is 20.7. The van der Waals surface area contributed by atoms with Crippen LogP contribution in [-0.4, -0.2) is 28.6 Å². The highest BCUT2D eigenvalue weighted by Crippen LogP contribution is 2.41. The summed E-state index contributed by atoms with van der Waals surface area (Å²) in [6.45, 7) is 4.91. The topological polar surface area (TPSA) is 99.7 Å². The van der Waals surface area contributed by atoms with Gasteiger partial charge in [-0.2, -0.15) is 10.2 Å². The van der Waals surface area contributed by atoms with E-state index in [1.807, 2.05) is 24.3 Å². The first-order valence-corrected chi connectivity index (χ1v) is 9.05. The Bertz CT molecular complexity index is 829. The number of benzene rings is 1. The fourth-order valence-electron chi connectivity index (χ4n) is 3.04. The third-order valence-electron chi connectivity index (χ3n) is 5.15. The molecule has 1 aliphatic rings. The number of halogens is 1. The fraction of sp³-hybridized carbons (Fsp3) is 0.421. The van der Waals surface area contributed by atoms with Gasteiger partial charge in [0.25, 0.3) is 0 Å². The van der Waals surface area contributed by atoms with Crippen LogP contribution in [0.15, 0.2) is 30.5 Å². The number of anilines is 2. The van der Waals surface area contributed by atoms with Gasteiger partial charge in [0, 0.05) is 29.1 Å². The van der Waals surface area contributed by atoms with Gasteiger partial charge in [-0.3, -0.25) is 0 Å². The quantitative estimate of drug-likeness (QED) is 0.722. The Morgan fingerprint density at radius 2 is 2.23 bits per heavy atom. The minimum absolute atomic E-state index is 0.0299. The van der Waals surface area contributed by atoms with Crippen molar-refractivity contribution in [3.8, 4) is 6.07 Å². The highest BCUT2D eigenvalue weighted by atomic mass is 35.5. The van der Waals surface area contributed by atoms with Crippen LogP contribution in [0, 0.1) is 16.7 Å². The molecule has 0 radical (unpaired) electrons. The molecule has 4 N–H and O–H groups in total. The Labute approximate surface area is 158 Å². The van der Waals surface area contributed by atoms with Crippen molar-refractivity contribution >= 4 is 23.4 Å². The number of hydrogen-bond donors (Lipinski definition) is 3. The smallest absolute Gasteiger partial charge is 0.224 e. The molecule has 0 saturated heterocycles. The number of nitrogens with zero attached hydrogens (tertiary/aromatic N) is 3. The van der Waals surface area contributed by atoms with Crippen molar-refractivity contribution in [2.45, 2.75) is 38.8 Å². The van der Waals surface area contributed by atoms with Gasteiger partial charge in [0.1, 0.15) is 17.5 Å². The lowest BCUT2D eigenvalue weighted by atomic mass is 9.63. The van der Waals surface area contributed by atoms with Crippen LogP contribution in [0.1, 0.15) is 31.4 Å². The van der Waals surface area contributed by atoms with E-state index < -0.39 is 0 Å². The highest BCUT2D eigenvalue weighted by Gasteiger charge is 2.46. The molecule has 2 atom stereocenters. The van der Waals surface area contributed by atoms with Crippen molar-refractivity contribution in [1.82, 2.24) is 9.97 Å². The Morgan fingerprint density at radius 1 is 1.42 bits per heavy atom. The molecule has 1 saturated carbocycles. The van der Waals surface area contributed by atoms with Crippen LogP contribution in [0.4, 0.5) is 11.8 Å². The van der Waals surface area contributed by atoms with Gasteiger partial charge < -0.3 is 16.4 Å². The molecule has 1 aromatic carbocycles. The molecular weight excluding hydrogens is 348 g/mol. The second-order valence-corrected chi connectivity index (χ2v) is 7.67. The zero-order chi connectivity index (χ0) is 18.7. The van der Waals surface area contributed by atoms with Crippen molar-refractivity contribution in [3.05, 3.63) is 46.6 Å². The minimum Gasteiger partial charge on any atom is -0.365 e. The molecule has 1 fully saturated rings. The summed E-state index contributed by atoms with van der Waals surface area (Å²) in [6.07, 6.45) is 3.21. The van der Waals surface area contributed by atoms with E-state index in [2.05, 4.69) is 40.5 Å². The first-order chi connectivity index (χ1) is 12.4. The summed E-state index contributed by atoms with van der Waals surface area (Å²) in [5.74, 6) is 1.05. The first kappa shape index (κ1) is 18.4. The van der Waals surface area contributed by atoms with E-state index in [0.717, 1.165) is 23.4 Å². The van der Waals surface area contributed by atoms with Gasteiger partial charge in [-0.15, -0.1) is 0 Å². The standard InChI is InChI=1S/C19H23ClN6/c1-19(2)15(22)9-16(19)25-17-13(10-21)11-24-18(26-17)23-7-6-12-4-3-5-14(20)8-12/h3-5,8,11,15-16H,6-7,9,22H2,1-2H3,(H2,23,24,25,26)/t15-,16+/m1/s1. The minimum atomic E-state index is -0.0299. The lowest BCUT2D eigenvalue weighted by molar-refractivity contribution is 0.117. The van der Waals surface area contributed by atoms with E-state index in [4.69, 9.17) is 17.3 Å². The third-order valence-corrected chi connectivity index (χ3v) is 5.38. The molecule has 1 aromatic heterocycles. The molecule has 0 amide bonds. The van der Waals surface area contributed by atoms with E-state index in [1.54, 1.807) is 6.20 Å². The van der Waals surface area contributed by atoms with Crippen LogP contribution in [0.2, 0.25) is 5.02 Å². The van der Waals surface area contributed by atoms with Gasteiger partial charge in [0.05, 0.1) is 6.20 Å². The first-order valence-electron chi connectivity index (χ1n) is 8.67. The monoisotopic (exact) mass is 370 g/mol. The Kier molecular flexibility index (Phi) is 5.30. The molecule has 0 bridgehead atoms. The van der Waals surface area contributed by atoms with Crippen molar-refractivity contribution in [1.29, 1.82) is 5.26 Å². The SMILES string of the molecule is CC1(C)[C@H](N)C[C@@H]1Nc1nc(NCCc2cccc(Cl)c2)ncc1C#N. The highest BCUT2D eigenvalue weighted by molar-refractivity contribution is 6.30. The number of hydrogen-bond acceptors (Lipinski definition) is 6. The summed E-state index contributed by atoms with van der Waals surface area (Å²) in [4.78, 5) is 8.71. The van der Waals surface area contributed by atoms with E-state index in [-0.39, 0.29) is 17.5 Å². The number of nitriles is 1. The van der Waals surface area contributed by atoms with E-state index >= 15 is 0 Å². The van der Waals surface area contributed by atoms with Gasteiger partial charge >= 0.3 is 0 Å². The average Bonchev–Trinajstić information content (AvgIpc) is 2.62. The molecule has 0 aliphatic heterocycles. The lowest BCUT2D eigenvalue weighted by Gasteiger charge is -2.50. The molecule has 1 aliphatic carbocycles. The molecule has 0 spiro atoms. The van der Waals surface area contributed by atoms with Crippen LogP contribution in [0.3, 0.4) is 0 Å². The maximum atomic E-state index is 9.32. The van der Waals surface area contributed by atoms with Crippen LogP contribution >= 0.6 is 11.6 Å². The molecule has 6 nitrogen and oxygen atoms in total. The van der Waals surface area contributed by atoms with E-state index in [1.165, 1.54) is 0 Å². The van der Waals surface area contributed by atoms with Crippen molar-refractivity contribution < 1.29 is 0 Å². The second-order valence-electron chi connectivity index (χ2n) is 7.23. The predicted molar refractivity (Wildman–Crippen MR) is 104 cm³/mol. The molecular formula is C19H23ClN6. The largest absolute Gasteiger partial charge is 0.365 e. The summed E-state index contributed by atoms with van der Waals surface area (Å²) < 4.78 is 0. The summed E-state index contributed by atoms with van der Waals surface area (Å²) >= 11 is 6.00. The van der Waals surface area contributed by atoms with E-state index in [0.29, 0.717) is 23.9 Å². The molecule has 1 heterocycles. The number of nitrogens with one attached hydrogen (secondary N) is 2. The number of aromatic nitrogens is 2. The lowest BCUT2D eigenvalue weighted by Crippen LogP contribution is -2.61. The summed E-state index contributed by atoms with van der Waals surface area (Å²) in [6, 6.07) is 10.3. The van der Waals surface area contributed by atoms with Gasteiger partial charge in [-0.25, -0.2) is 4.98 Å². The number of nitrogens with two attached hydrogens (primary N) is 1. The van der Waals surface area contributed by atoms with Crippen LogP contribution in [0.25, 0.3) is 0 Å². The Morgan fingerprint density at radius 3 is 2.88 bits per heavy atom. The van der Waals surface area contributed by atoms with Crippen LogP contribution in [0.5, 0.6) is 0 Å². The second kappa shape index (κ2) is 7.48.